The summed E-state index contributed by atoms with van der Waals surface area (Å²) in [6, 6.07) is 6.87. The van der Waals surface area contributed by atoms with Crippen molar-refractivity contribution in [3.63, 3.8) is 0 Å². The molecule has 0 saturated heterocycles. The van der Waals surface area contributed by atoms with E-state index in [1.165, 1.54) is 0 Å². The molecule has 1 N–H and O–H groups in total. The molecular weight excluding hydrogens is 455 g/mol. The van der Waals surface area contributed by atoms with Crippen molar-refractivity contribution in [1.82, 2.24) is 0 Å². The highest BCUT2D eigenvalue weighted by Crippen LogP contribution is 2.64. The predicted octanol–water partition coefficient (Wildman–Crippen LogP) is 8.48. The Labute approximate surface area is 206 Å². The van der Waals surface area contributed by atoms with E-state index in [-0.39, 0.29) is 12.2 Å². The second-order valence-corrected chi connectivity index (χ2v) is 13.8. The summed E-state index contributed by atoms with van der Waals surface area (Å²) in [5.74, 6) is 1.13. The molecule has 3 rings (SSSR count). The molecule has 0 unspecified atom stereocenters. The van der Waals surface area contributed by atoms with Crippen molar-refractivity contribution in [2.75, 3.05) is 0 Å². The molecule has 4 nitrogen and oxygen atoms in total. The summed E-state index contributed by atoms with van der Waals surface area (Å²) in [7, 11) is -3.88. The first-order valence-corrected chi connectivity index (χ1v) is 14.9. The van der Waals surface area contributed by atoms with Crippen molar-refractivity contribution in [3.05, 3.63) is 34.9 Å². The van der Waals surface area contributed by atoms with Gasteiger partial charge in [0, 0.05) is 5.02 Å². The highest BCUT2D eigenvalue weighted by atomic mass is 35.5. The van der Waals surface area contributed by atoms with E-state index in [2.05, 4.69) is 41.5 Å². The minimum atomic E-state index is -3.88. The number of hydrogen-bond acceptors (Lipinski definition) is 4. The molecule has 1 aromatic carbocycles. The van der Waals surface area contributed by atoms with E-state index in [1.54, 1.807) is 24.3 Å². The van der Waals surface area contributed by atoms with Crippen LogP contribution in [0, 0.1) is 35.5 Å². The first kappa shape index (κ1) is 27.2. The number of halogens is 1. The van der Waals surface area contributed by atoms with E-state index < -0.39 is 13.4 Å². The van der Waals surface area contributed by atoms with E-state index >= 15 is 0 Å². The van der Waals surface area contributed by atoms with Crippen molar-refractivity contribution in [1.29, 1.82) is 0 Å². The fourth-order valence-electron chi connectivity index (χ4n) is 5.81. The lowest BCUT2D eigenvalue weighted by molar-refractivity contribution is -0.0153. The predicted molar refractivity (Wildman–Crippen MR) is 136 cm³/mol. The highest BCUT2D eigenvalue weighted by molar-refractivity contribution is 7.54. The monoisotopic (exact) mass is 498 g/mol. The van der Waals surface area contributed by atoms with Gasteiger partial charge in [0.25, 0.3) is 0 Å². The van der Waals surface area contributed by atoms with Crippen LogP contribution >= 0.6 is 19.2 Å². The molecule has 188 valence electrons. The molecule has 1 aromatic rings. The molecule has 0 amide bonds. The van der Waals surface area contributed by atoms with Gasteiger partial charge in [0.2, 0.25) is 0 Å². The number of aliphatic hydroxyl groups is 1. The third kappa shape index (κ3) is 6.85. The first-order valence-electron chi connectivity index (χ1n) is 12.9. The topological polar surface area (TPSA) is 55.8 Å². The third-order valence-electron chi connectivity index (χ3n) is 7.95. The normalized spacial score (nSPS) is 32.3. The van der Waals surface area contributed by atoms with Gasteiger partial charge in [-0.1, -0.05) is 78.1 Å². The van der Waals surface area contributed by atoms with Crippen molar-refractivity contribution in [2.24, 2.45) is 35.5 Å². The maximum Gasteiger partial charge on any atom is 0.363 e. The van der Waals surface area contributed by atoms with E-state index in [1.807, 2.05) is 0 Å². The first-order chi connectivity index (χ1) is 15.5. The number of hydrogen-bond donors (Lipinski definition) is 1. The second kappa shape index (κ2) is 11.6. The highest BCUT2D eigenvalue weighted by Gasteiger charge is 2.46. The number of aliphatic hydroxyl groups excluding tert-OH is 1. The molecule has 2 fully saturated rings. The van der Waals surface area contributed by atoms with Gasteiger partial charge in [0.15, 0.2) is 5.85 Å². The van der Waals surface area contributed by atoms with E-state index in [0.29, 0.717) is 46.1 Å². The largest absolute Gasteiger partial charge is 0.376 e. The minimum Gasteiger partial charge on any atom is -0.376 e. The van der Waals surface area contributed by atoms with Crippen molar-refractivity contribution in [3.8, 4) is 0 Å². The summed E-state index contributed by atoms with van der Waals surface area (Å²) < 4.78 is 27.5. The summed E-state index contributed by atoms with van der Waals surface area (Å²) in [6.45, 7) is 13.3. The molecule has 0 heterocycles. The van der Waals surface area contributed by atoms with Crippen molar-refractivity contribution < 1.29 is 18.7 Å². The molecule has 7 atom stereocenters. The van der Waals surface area contributed by atoms with Crippen LogP contribution in [0.25, 0.3) is 0 Å². The van der Waals surface area contributed by atoms with Gasteiger partial charge in [0.05, 0.1) is 12.2 Å². The lowest BCUT2D eigenvalue weighted by Crippen LogP contribution is -2.37. The Hall–Kier alpha value is -0.380. The van der Waals surface area contributed by atoms with Crippen LogP contribution in [0.1, 0.15) is 91.5 Å². The standard InChI is InChI=1S/C27H44ClO4P/c1-17(2)23-13-7-19(5)15-25(23)31-33(30,27(29)21-9-11-22(28)12-10-21)32-26-16-20(6)8-14-24(26)18(3)4/h9-12,17-20,23-27,29H,7-8,13-16H2,1-6H3/t19-,20-,23-,24-,25-,26-,27+/m1/s1. The van der Waals surface area contributed by atoms with Crippen molar-refractivity contribution >= 4 is 19.2 Å². The summed E-state index contributed by atoms with van der Waals surface area (Å²) in [4.78, 5) is 0. The van der Waals surface area contributed by atoms with Gasteiger partial charge in [0.1, 0.15) is 0 Å². The smallest absolute Gasteiger partial charge is 0.363 e. The Morgan fingerprint density at radius 3 is 1.67 bits per heavy atom. The molecule has 0 radical (unpaired) electrons. The average Bonchev–Trinajstić information content (AvgIpc) is 2.73. The molecule has 2 aliphatic carbocycles. The molecule has 2 saturated carbocycles. The molecule has 2 aliphatic rings. The molecule has 0 bridgehead atoms. The Morgan fingerprint density at radius 2 is 1.27 bits per heavy atom. The summed E-state index contributed by atoms with van der Waals surface area (Å²) >= 11 is 6.07. The van der Waals surface area contributed by atoms with E-state index in [0.717, 1.165) is 38.5 Å². The molecule has 33 heavy (non-hydrogen) atoms. The van der Waals surface area contributed by atoms with Gasteiger partial charge < -0.3 is 14.2 Å². The van der Waals surface area contributed by atoms with Crippen LogP contribution in [-0.2, 0) is 13.6 Å². The van der Waals surface area contributed by atoms with E-state index in [9.17, 15) is 9.67 Å². The summed E-state index contributed by atoms with van der Waals surface area (Å²) in [5.41, 5.74) is 0.526. The van der Waals surface area contributed by atoms with Crippen LogP contribution < -0.4 is 0 Å². The average molecular weight is 499 g/mol. The lowest BCUT2D eigenvalue weighted by atomic mass is 9.75. The van der Waals surface area contributed by atoms with Gasteiger partial charge >= 0.3 is 7.60 Å². The van der Waals surface area contributed by atoms with Crippen LogP contribution in [-0.4, -0.2) is 17.3 Å². The van der Waals surface area contributed by atoms with Gasteiger partial charge in [-0.3, -0.25) is 4.57 Å². The van der Waals surface area contributed by atoms with Crippen LogP contribution in [0.5, 0.6) is 0 Å². The van der Waals surface area contributed by atoms with Gasteiger partial charge in [-0.2, -0.15) is 0 Å². The summed E-state index contributed by atoms with van der Waals surface area (Å²) in [6.07, 6.45) is 5.74. The number of rotatable bonds is 8. The zero-order valence-electron chi connectivity index (χ0n) is 21.2. The van der Waals surface area contributed by atoms with Gasteiger partial charge in [-0.25, -0.2) is 0 Å². The molecule has 0 aliphatic heterocycles. The quantitative estimate of drug-likeness (QED) is 0.365. The molecule has 6 heteroatoms. The van der Waals surface area contributed by atoms with Crippen LogP contribution in [0.4, 0.5) is 0 Å². The number of benzene rings is 1. The SMILES string of the molecule is CC(C)[C@H]1CC[C@@H](C)C[C@H]1OP(=O)(O[C@@H]1C[C@H](C)CC[C@@H]1C(C)C)[C@H](O)c1ccc(Cl)cc1. The molecular formula is C27H44ClO4P. The lowest BCUT2D eigenvalue weighted by Gasteiger charge is -2.42. The third-order valence-corrected chi connectivity index (χ3v) is 10.2. The Kier molecular flexibility index (Phi) is 9.54. The van der Waals surface area contributed by atoms with Gasteiger partial charge in [-0.15, -0.1) is 0 Å². The summed E-state index contributed by atoms with van der Waals surface area (Å²) in [5, 5.41) is 12.0. The zero-order valence-corrected chi connectivity index (χ0v) is 22.9. The Bertz CT molecular complexity index is 758. The maximum absolute atomic E-state index is 14.6. The van der Waals surface area contributed by atoms with Gasteiger partial charge in [-0.05, 0) is 78.9 Å². The van der Waals surface area contributed by atoms with E-state index in [4.69, 9.17) is 20.6 Å². The Morgan fingerprint density at radius 1 is 0.848 bits per heavy atom. The molecule has 0 aromatic heterocycles. The van der Waals surface area contributed by atoms with Crippen LogP contribution in [0.15, 0.2) is 24.3 Å². The maximum atomic E-state index is 14.6. The Balaban J connectivity index is 1.94. The second-order valence-electron chi connectivity index (χ2n) is 11.4. The minimum absolute atomic E-state index is 0.181. The fraction of sp³-hybridized carbons (Fsp3) is 0.778. The van der Waals surface area contributed by atoms with Crippen LogP contribution in [0.2, 0.25) is 5.02 Å². The molecule has 0 spiro atoms. The van der Waals surface area contributed by atoms with Crippen LogP contribution in [0.3, 0.4) is 0 Å². The fourth-order valence-corrected chi connectivity index (χ4v) is 7.99. The van der Waals surface area contributed by atoms with Crippen molar-refractivity contribution in [2.45, 2.75) is 98.1 Å². The zero-order chi connectivity index (χ0) is 24.3.